The predicted octanol–water partition coefficient (Wildman–Crippen LogP) is 2.30. The van der Waals surface area contributed by atoms with E-state index >= 15 is 0 Å². The van der Waals surface area contributed by atoms with E-state index in [1.807, 2.05) is 37.3 Å². The minimum atomic E-state index is -0.315. The Bertz CT molecular complexity index is 981. The van der Waals surface area contributed by atoms with Crippen LogP contribution in [0.3, 0.4) is 0 Å². The molecule has 148 valence electrons. The van der Waals surface area contributed by atoms with Crippen molar-refractivity contribution in [2.24, 2.45) is 0 Å². The molecule has 2 aromatic heterocycles. The number of carbonyl (C=O) groups is 1. The summed E-state index contributed by atoms with van der Waals surface area (Å²) in [4.78, 5) is 25.3. The molecule has 0 aliphatic carbocycles. The summed E-state index contributed by atoms with van der Waals surface area (Å²) in [5.74, 6) is 1.05. The first-order chi connectivity index (χ1) is 13.5. The Morgan fingerprint density at radius 2 is 1.96 bits per heavy atom. The first kappa shape index (κ1) is 19.6. The minimum Gasteiger partial charge on any atom is -0.361 e. The molecule has 0 spiro atoms. The smallest absolute Gasteiger partial charge is 0.351 e. The molecule has 8 heteroatoms. The van der Waals surface area contributed by atoms with Crippen molar-refractivity contribution in [3.63, 3.8) is 0 Å². The third-order valence-corrected chi connectivity index (χ3v) is 4.61. The number of para-hydroxylation sites is 1. The molecule has 28 heavy (non-hydrogen) atoms. The zero-order chi connectivity index (χ0) is 20.1. The maximum atomic E-state index is 12.9. The molecule has 0 radical (unpaired) electrons. The van der Waals surface area contributed by atoms with Crippen LogP contribution in [0.2, 0.25) is 0 Å². The van der Waals surface area contributed by atoms with Crippen LogP contribution in [0.4, 0.5) is 0 Å². The van der Waals surface area contributed by atoms with Gasteiger partial charge in [0.25, 0.3) is 0 Å². The molecule has 0 saturated heterocycles. The van der Waals surface area contributed by atoms with Crippen LogP contribution in [0.15, 0.2) is 39.6 Å². The number of aromatic nitrogens is 4. The van der Waals surface area contributed by atoms with Crippen LogP contribution in [0.25, 0.3) is 5.69 Å². The third-order valence-electron chi connectivity index (χ3n) is 4.61. The minimum absolute atomic E-state index is 0.138. The highest BCUT2D eigenvalue weighted by Gasteiger charge is 2.17. The molecule has 0 aliphatic rings. The molecule has 0 atom stereocenters. The average Bonchev–Trinajstić information content (AvgIpc) is 3.18. The molecule has 2 heterocycles. The SMILES string of the molecule is CCCCc1nn(CC(=O)NCc2c(C)noc2C)c(=O)n1-c1ccccc1. The molecule has 1 aromatic carbocycles. The fourth-order valence-electron chi connectivity index (χ4n) is 3.02. The maximum Gasteiger partial charge on any atom is 0.351 e. The number of hydrogen-bond donors (Lipinski definition) is 1. The van der Waals surface area contributed by atoms with Gasteiger partial charge in [-0.2, -0.15) is 5.10 Å². The number of amides is 1. The van der Waals surface area contributed by atoms with Gasteiger partial charge in [0, 0.05) is 18.5 Å². The summed E-state index contributed by atoms with van der Waals surface area (Å²) in [7, 11) is 0. The second kappa shape index (κ2) is 8.69. The summed E-state index contributed by atoms with van der Waals surface area (Å²) < 4.78 is 7.90. The molecule has 1 N–H and O–H groups in total. The van der Waals surface area contributed by atoms with Gasteiger partial charge in [-0.1, -0.05) is 36.7 Å². The number of aryl methyl sites for hydroxylation is 3. The fourth-order valence-corrected chi connectivity index (χ4v) is 3.02. The molecule has 8 nitrogen and oxygen atoms in total. The number of benzene rings is 1. The van der Waals surface area contributed by atoms with Gasteiger partial charge in [0.05, 0.1) is 11.4 Å². The third kappa shape index (κ3) is 4.21. The lowest BCUT2D eigenvalue weighted by molar-refractivity contribution is -0.122. The van der Waals surface area contributed by atoms with Crippen molar-refractivity contribution >= 4 is 5.91 Å². The summed E-state index contributed by atoms with van der Waals surface area (Å²) in [6.45, 7) is 5.87. The van der Waals surface area contributed by atoms with Gasteiger partial charge in [-0.15, -0.1) is 0 Å². The lowest BCUT2D eigenvalue weighted by atomic mass is 10.2. The first-order valence-corrected chi connectivity index (χ1v) is 9.43. The van der Waals surface area contributed by atoms with Crippen molar-refractivity contribution in [2.75, 3.05) is 0 Å². The monoisotopic (exact) mass is 383 g/mol. The van der Waals surface area contributed by atoms with Crippen LogP contribution >= 0.6 is 0 Å². The molecular weight excluding hydrogens is 358 g/mol. The van der Waals surface area contributed by atoms with Crippen LogP contribution < -0.4 is 11.0 Å². The van der Waals surface area contributed by atoms with E-state index in [1.165, 1.54) is 4.68 Å². The highest BCUT2D eigenvalue weighted by molar-refractivity contribution is 5.75. The first-order valence-electron chi connectivity index (χ1n) is 9.43. The van der Waals surface area contributed by atoms with E-state index in [4.69, 9.17) is 4.52 Å². The van der Waals surface area contributed by atoms with Gasteiger partial charge in [0.1, 0.15) is 18.1 Å². The van der Waals surface area contributed by atoms with Crippen molar-refractivity contribution in [3.05, 3.63) is 63.7 Å². The lowest BCUT2D eigenvalue weighted by Gasteiger charge is -2.04. The molecule has 3 aromatic rings. The van der Waals surface area contributed by atoms with Crippen LogP contribution in [-0.4, -0.2) is 25.4 Å². The summed E-state index contributed by atoms with van der Waals surface area (Å²) in [6, 6.07) is 9.37. The van der Waals surface area contributed by atoms with Gasteiger partial charge in [0.2, 0.25) is 5.91 Å². The van der Waals surface area contributed by atoms with E-state index in [1.54, 1.807) is 11.5 Å². The molecule has 0 saturated carbocycles. The number of nitrogens with zero attached hydrogens (tertiary/aromatic N) is 4. The summed E-state index contributed by atoms with van der Waals surface area (Å²) >= 11 is 0. The van der Waals surface area contributed by atoms with E-state index in [2.05, 4.69) is 22.5 Å². The van der Waals surface area contributed by atoms with Gasteiger partial charge in [-0.3, -0.25) is 4.79 Å². The van der Waals surface area contributed by atoms with Gasteiger partial charge < -0.3 is 9.84 Å². The van der Waals surface area contributed by atoms with Gasteiger partial charge >= 0.3 is 5.69 Å². The predicted molar refractivity (Wildman–Crippen MR) is 104 cm³/mol. The Kier molecular flexibility index (Phi) is 6.08. The second-order valence-corrected chi connectivity index (χ2v) is 6.71. The largest absolute Gasteiger partial charge is 0.361 e. The van der Waals surface area contributed by atoms with Crippen molar-refractivity contribution in [3.8, 4) is 5.69 Å². The van der Waals surface area contributed by atoms with Gasteiger partial charge in [-0.25, -0.2) is 14.0 Å². The van der Waals surface area contributed by atoms with Crippen LogP contribution in [0.1, 0.15) is 42.6 Å². The Morgan fingerprint density at radius 1 is 1.21 bits per heavy atom. The Balaban J connectivity index is 1.79. The molecule has 0 bridgehead atoms. The number of carbonyl (C=O) groups excluding carboxylic acids is 1. The van der Waals surface area contributed by atoms with Crippen LogP contribution in [-0.2, 0) is 24.3 Å². The maximum absolute atomic E-state index is 12.9. The zero-order valence-electron chi connectivity index (χ0n) is 16.4. The molecule has 0 aliphatic heterocycles. The summed E-state index contributed by atoms with van der Waals surface area (Å²) in [5.41, 5.74) is 2.02. The van der Waals surface area contributed by atoms with E-state index < -0.39 is 0 Å². The summed E-state index contributed by atoms with van der Waals surface area (Å²) in [5, 5.41) is 11.1. The van der Waals surface area contributed by atoms with Gasteiger partial charge in [-0.05, 0) is 32.4 Å². The molecule has 0 fully saturated rings. The highest BCUT2D eigenvalue weighted by atomic mass is 16.5. The highest BCUT2D eigenvalue weighted by Crippen LogP contribution is 2.12. The Labute approximate surface area is 163 Å². The van der Waals surface area contributed by atoms with E-state index in [0.29, 0.717) is 24.6 Å². The molecule has 3 rings (SSSR count). The van der Waals surface area contributed by atoms with Crippen molar-refractivity contribution in [2.45, 2.75) is 53.1 Å². The van der Waals surface area contributed by atoms with E-state index in [-0.39, 0.29) is 18.1 Å². The van der Waals surface area contributed by atoms with Crippen LogP contribution in [0.5, 0.6) is 0 Å². The number of rotatable bonds is 8. The van der Waals surface area contributed by atoms with Gasteiger partial charge in [0.15, 0.2) is 0 Å². The molecular formula is C20H25N5O3. The number of unbranched alkanes of at least 4 members (excludes halogenated alkanes) is 1. The normalized spacial score (nSPS) is 11.0. The Morgan fingerprint density at radius 3 is 2.61 bits per heavy atom. The van der Waals surface area contributed by atoms with Crippen LogP contribution in [0, 0.1) is 13.8 Å². The van der Waals surface area contributed by atoms with E-state index in [0.717, 1.165) is 29.8 Å². The van der Waals surface area contributed by atoms with Crippen molar-refractivity contribution in [1.29, 1.82) is 0 Å². The molecule has 0 unspecified atom stereocenters. The topological polar surface area (TPSA) is 95.0 Å². The summed E-state index contributed by atoms with van der Waals surface area (Å²) in [6.07, 6.45) is 2.59. The Hall–Kier alpha value is -3.16. The number of hydrogen-bond acceptors (Lipinski definition) is 5. The standard InChI is InChI=1S/C20H25N5O3/c1-4-5-11-18-22-24(20(27)25(18)16-9-7-6-8-10-16)13-19(26)21-12-17-14(2)23-28-15(17)3/h6-10H,4-5,11-13H2,1-3H3,(H,21,26). The van der Waals surface area contributed by atoms with Crippen molar-refractivity contribution < 1.29 is 9.32 Å². The second-order valence-electron chi connectivity index (χ2n) is 6.71. The molecule has 1 amide bonds. The zero-order valence-corrected chi connectivity index (χ0v) is 16.4. The number of nitrogens with one attached hydrogen (secondary N) is 1. The van der Waals surface area contributed by atoms with Crippen molar-refractivity contribution in [1.82, 2.24) is 24.8 Å². The quantitative estimate of drug-likeness (QED) is 0.644. The average molecular weight is 383 g/mol. The fraction of sp³-hybridized carbons (Fsp3) is 0.400. The van der Waals surface area contributed by atoms with E-state index in [9.17, 15) is 9.59 Å². The lowest BCUT2D eigenvalue weighted by Crippen LogP contribution is -2.33.